The monoisotopic (exact) mass is 333 g/mol. The summed E-state index contributed by atoms with van der Waals surface area (Å²) < 4.78 is 1.04. The number of hydrogen-bond acceptors (Lipinski definition) is 1. The molecule has 3 heteroatoms. The van der Waals surface area contributed by atoms with Crippen molar-refractivity contribution in [2.45, 2.75) is 26.7 Å². The second kappa shape index (κ2) is 6.89. The van der Waals surface area contributed by atoms with Crippen LogP contribution in [0.2, 0.25) is 0 Å². The van der Waals surface area contributed by atoms with E-state index >= 15 is 0 Å². The van der Waals surface area contributed by atoms with Crippen molar-refractivity contribution in [1.82, 2.24) is 4.90 Å². The summed E-state index contributed by atoms with van der Waals surface area (Å²) in [6.07, 6.45) is 5.82. The van der Waals surface area contributed by atoms with E-state index in [2.05, 4.69) is 41.9 Å². The molecule has 0 saturated carbocycles. The molecule has 0 aromatic heterocycles. The van der Waals surface area contributed by atoms with Gasteiger partial charge in [-0.15, -0.1) is 0 Å². The predicted octanol–water partition coefficient (Wildman–Crippen LogP) is 4.12. The number of amides is 1. The Hall–Kier alpha value is -1.35. The first-order chi connectivity index (χ1) is 9.60. The van der Waals surface area contributed by atoms with Crippen molar-refractivity contribution in [2.75, 3.05) is 13.1 Å². The number of allylic oxidation sites excluding steroid dienone is 1. The molecule has 1 amide bonds. The summed E-state index contributed by atoms with van der Waals surface area (Å²) in [4.78, 5) is 14.3. The fourth-order valence-electron chi connectivity index (χ4n) is 2.30. The van der Waals surface area contributed by atoms with Crippen LogP contribution in [0.4, 0.5) is 0 Å². The Labute approximate surface area is 129 Å². The van der Waals surface area contributed by atoms with Gasteiger partial charge in [0.15, 0.2) is 0 Å². The van der Waals surface area contributed by atoms with Crippen LogP contribution >= 0.6 is 15.9 Å². The van der Waals surface area contributed by atoms with E-state index in [-0.39, 0.29) is 5.91 Å². The van der Waals surface area contributed by atoms with Gasteiger partial charge in [0.25, 0.3) is 0 Å². The molecule has 0 spiro atoms. The molecule has 106 valence electrons. The van der Waals surface area contributed by atoms with Crippen LogP contribution in [0, 0.1) is 0 Å². The molecule has 0 aliphatic carbocycles. The summed E-state index contributed by atoms with van der Waals surface area (Å²) in [6, 6.07) is 7.95. The predicted molar refractivity (Wildman–Crippen MR) is 86.6 cm³/mol. The zero-order chi connectivity index (χ0) is 14.5. The molecule has 1 aliphatic rings. The zero-order valence-electron chi connectivity index (χ0n) is 12.0. The van der Waals surface area contributed by atoms with Crippen molar-refractivity contribution >= 4 is 21.8 Å². The van der Waals surface area contributed by atoms with Crippen LogP contribution in [0.3, 0.4) is 0 Å². The minimum atomic E-state index is 0.201. The third kappa shape index (κ3) is 3.83. The van der Waals surface area contributed by atoms with Crippen molar-refractivity contribution in [1.29, 1.82) is 0 Å². The van der Waals surface area contributed by atoms with Crippen LogP contribution in [0.25, 0.3) is 0 Å². The van der Waals surface area contributed by atoms with Crippen LogP contribution in [-0.2, 0) is 11.2 Å². The van der Waals surface area contributed by atoms with E-state index < -0.39 is 0 Å². The summed E-state index contributed by atoms with van der Waals surface area (Å²) in [5, 5.41) is 0. The number of nitrogens with zero attached hydrogens (tertiary/aromatic N) is 1. The van der Waals surface area contributed by atoms with Gasteiger partial charge in [0.2, 0.25) is 5.91 Å². The molecule has 0 bridgehead atoms. The van der Waals surface area contributed by atoms with Gasteiger partial charge in [-0.3, -0.25) is 4.79 Å². The molecule has 0 N–H and O–H groups in total. The Bertz CT molecular complexity index is 543. The number of halogens is 1. The second-order valence-corrected chi connectivity index (χ2v) is 6.08. The van der Waals surface area contributed by atoms with Gasteiger partial charge in [0.1, 0.15) is 0 Å². The Kier molecular flexibility index (Phi) is 5.18. The Morgan fingerprint density at radius 2 is 2.00 bits per heavy atom. The highest BCUT2D eigenvalue weighted by molar-refractivity contribution is 9.10. The number of rotatable bonds is 4. The molecule has 0 unspecified atom stereocenters. The van der Waals surface area contributed by atoms with Crippen molar-refractivity contribution in [3.05, 3.63) is 57.6 Å². The molecule has 20 heavy (non-hydrogen) atoms. The fraction of sp³-hybridized carbons (Fsp3) is 0.353. The van der Waals surface area contributed by atoms with Crippen molar-refractivity contribution in [2.24, 2.45) is 0 Å². The van der Waals surface area contributed by atoms with Gasteiger partial charge in [0, 0.05) is 17.6 Å². The summed E-state index contributed by atoms with van der Waals surface area (Å²) in [5.41, 5.74) is 3.66. The molecular formula is C17H20BrNO. The van der Waals surface area contributed by atoms with E-state index in [4.69, 9.17) is 0 Å². The Morgan fingerprint density at radius 1 is 1.30 bits per heavy atom. The maximum atomic E-state index is 12.3. The van der Waals surface area contributed by atoms with Gasteiger partial charge in [-0.2, -0.15) is 0 Å². The molecule has 1 aromatic rings. The van der Waals surface area contributed by atoms with Gasteiger partial charge in [-0.1, -0.05) is 47.1 Å². The lowest BCUT2D eigenvalue weighted by atomic mass is 10.1. The van der Waals surface area contributed by atoms with Crippen LogP contribution in [0.5, 0.6) is 0 Å². The van der Waals surface area contributed by atoms with Gasteiger partial charge >= 0.3 is 0 Å². The minimum absolute atomic E-state index is 0.201. The lowest BCUT2D eigenvalue weighted by Gasteiger charge is -2.16. The fourth-order valence-corrected chi connectivity index (χ4v) is 2.57. The summed E-state index contributed by atoms with van der Waals surface area (Å²) in [7, 11) is 0. The first-order valence-corrected chi connectivity index (χ1v) is 7.77. The quantitative estimate of drug-likeness (QED) is 0.811. The van der Waals surface area contributed by atoms with E-state index in [0.29, 0.717) is 6.42 Å². The molecule has 1 aliphatic heterocycles. The summed E-state index contributed by atoms with van der Waals surface area (Å²) in [6.45, 7) is 5.75. The van der Waals surface area contributed by atoms with E-state index in [1.165, 1.54) is 11.1 Å². The Morgan fingerprint density at radius 3 is 2.65 bits per heavy atom. The third-order valence-electron chi connectivity index (χ3n) is 3.51. The second-order valence-electron chi connectivity index (χ2n) is 5.17. The van der Waals surface area contributed by atoms with Crippen molar-refractivity contribution in [3.63, 3.8) is 0 Å². The smallest absolute Gasteiger partial charge is 0.227 e. The molecular weight excluding hydrogens is 314 g/mol. The average Bonchev–Trinajstić information content (AvgIpc) is 2.80. The average molecular weight is 334 g/mol. The normalized spacial score (nSPS) is 15.4. The Balaban J connectivity index is 1.95. The number of carbonyl (C=O) groups excluding carboxylic acids is 1. The molecule has 2 rings (SSSR count). The van der Waals surface area contributed by atoms with Crippen LogP contribution in [0.1, 0.15) is 25.8 Å². The van der Waals surface area contributed by atoms with Crippen molar-refractivity contribution < 1.29 is 4.79 Å². The van der Waals surface area contributed by atoms with Crippen LogP contribution in [-0.4, -0.2) is 23.9 Å². The van der Waals surface area contributed by atoms with Gasteiger partial charge < -0.3 is 4.90 Å². The van der Waals surface area contributed by atoms with Gasteiger partial charge in [-0.25, -0.2) is 0 Å². The largest absolute Gasteiger partial charge is 0.334 e. The van der Waals surface area contributed by atoms with E-state index in [1.807, 2.05) is 29.2 Å². The van der Waals surface area contributed by atoms with Crippen LogP contribution in [0.15, 0.2) is 52.0 Å². The number of carbonyl (C=O) groups is 1. The maximum Gasteiger partial charge on any atom is 0.227 e. The molecule has 1 aromatic carbocycles. The molecule has 0 atom stereocenters. The number of hydrogen-bond donors (Lipinski definition) is 0. The maximum absolute atomic E-state index is 12.3. The van der Waals surface area contributed by atoms with E-state index in [1.54, 1.807) is 0 Å². The van der Waals surface area contributed by atoms with Gasteiger partial charge in [-0.05, 0) is 42.2 Å². The molecule has 0 saturated heterocycles. The summed E-state index contributed by atoms with van der Waals surface area (Å²) in [5.74, 6) is 0.201. The van der Waals surface area contributed by atoms with Crippen molar-refractivity contribution in [3.8, 4) is 0 Å². The minimum Gasteiger partial charge on any atom is -0.334 e. The lowest BCUT2D eigenvalue weighted by molar-refractivity contribution is -0.129. The van der Waals surface area contributed by atoms with Gasteiger partial charge in [0.05, 0.1) is 6.42 Å². The highest BCUT2D eigenvalue weighted by Crippen LogP contribution is 2.20. The lowest BCUT2D eigenvalue weighted by Crippen LogP contribution is -2.30. The topological polar surface area (TPSA) is 20.3 Å². The first-order valence-electron chi connectivity index (χ1n) is 6.97. The highest BCUT2D eigenvalue weighted by atomic mass is 79.9. The standard InChI is InChI=1S/C17H20BrNO/c1-3-4-5-15-12-19(11-13(15)2)17(20)10-14-6-8-16(18)9-7-14/h4-9H,3,10-12H2,1-2H3/b5-4-. The first kappa shape index (κ1) is 15.0. The van der Waals surface area contributed by atoms with E-state index in [9.17, 15) is 4.79 Å². The molecule has 2 nitrogen and oxygen atoms in total. The molecule has 1 heterocycles. The zero-order valence-corrected chi connectivity index (χ0v) is 13.6. The number of benzene rings is 1. The van der Waals surface area contributed by atoms with E-state index in [0.717, 1.165) is 29.5 Å². The summed E-state index contributed by atoms with van der Waals surface area (Å²) >= 11 is 3.41. The third-order valence-corrected chi connectivity index (χ3v) is 4.04. The molecule has 0 fully saturated rings. The highest BCUT2D eigenvalue weighted by Gasteiger charge is 2.22. The SMILES string of the molecule is CC/C=C\C1=C(C)CN(C(=O)Cc2ccc(Br)cc2)C1. The molecule has 0 radical (unpaired) electrons. The van der Waals surface area contributed by atoms with Crippen LogP contribution < -0.4 is 0 Å².